The monoisotopic (exact) mass is 243 g/mol. The molecule has 0 aliphatic carbocycles. The quantitative estimate of drug-likeness (QED) is 0.733. The molecule has 1 unspecified atom stereocenters. The Kier molecular flexibility index (Phi) is 4.29. The second-order valence-electron chi connectivity index (χ2n) is 3.84. The number of carbonyl (C=O) groups excluding carboxylic acids is 1. The maximum Gasteiger partial charge on any atom is 0.251 e. The number of carbonyl (C=O) groups is 1. The van der Waals surface area contributed by atoms with Crippen molar-refractivity contribution < 1.29 is 15.0 Å². The maximum absolute atomic E-state index is 11.6. The van der Waals surface area contributed by atoms with Crippen molar-refractivity contribution >= 4 is 17.5 Å². The highest BCUT2D eigenvalue weighted by molar-refractivity contribution is 6.30. The summed E-state index contributed by atoms with van der Waals surface area (Å²) in [7, 11) is 0. The van der Waals surface area contributed by atoms with E-state index in [9.17, 15) is 9.90 Å². The molecule has 0 aliphatic heterocycles. The van der Waals surface area contributed by atoms with Gasteiger partial charge < -0.3 is 15.5 Å². The highest BCUT2D eigenvalue weighted by Crippen LogP contribution is 2.09. The van der Waals surface area contributed by atoms with Gasteiger partial charge in [0.25, 0.3) is 5.91 Å². The predicted molar refractivity (Wildman–Crippen MR) is 61.5 cm³/mol. The molecule has 0 saturated heterocycles. The molecule has 0 fully saturated rings. The number of aliphatic hydroxyl groups excluding tert-OH is 1. The Hall–Kier alpha value is -1.10. The van der Waals surface area contributed by atoms with Crippen LogP contribution in [0.2, 0.25) is 5.02 Å². The number of amides is 1. The molecule has 3 N–H and O–H groups in total. The topological polar surface area (TPSA) is 69.6 Å². The summed E-state index contributed by atoms with van der Waals surface area (Å²) >= 11 is 5.68. The molecular formula is C11H14ClNO3. The predicted octanol–water partition coefficient (Wildman–Crippen LogP) is 0.813. The second kappa shape index (κ2) is 5.30. The fourth-order valence-electron chi connectivity index (χ4n) is 1.03. The molecule has 0 bridgehead atoms. The average molecular weight is 244 g/mol. The van der Waals surface area contributed by atoms with Crippen molar-refractivity contribution in [2.45, 2.75) is 12.5 Å². The molecule has 4 nitrogen and oxygen atoms in total. The van der Waals surface area contributed by atoms with E-state index in [-0.39, 0.29) is 12.5 Å². The first-order valence-electron chi connectivity index (χ1n) is 4.81. The zero-order valence-electron chi connectivity index (χ0n) is 8.90. The van der Waals surface area contributed by atoms with Crippen LogP contribution in [0.3, 0.4) is 0 Å². The molecule has 16 heavy (non-hydrogen) atoms. The number of hydrogen-bond donors (Lipinski definition) is 3. The van der Waals surface area contributed by atoms with E-state index >= 15 is 0 Å². The van der Waals surface area contributed by atoms with Gasteiger partial charge in [0, 0.05) is 17.1 Å². The number of hydrogen-bond acceptors (Lipinski definition) is 3. The summed E-state index contributed by atoms with van der Waals surface area (Å²) in [6.07, 6.45) is 0. The van der Waals surface area contributed by atoms with E-state index in [4.69, 9.17) is 16.7 Å². The van der Waals surface area contributed by atoms with Crippen molar-refractivity contribution in [1.82, 2.24) is 5.32 Å². The van der Waals surface area contributed by atoms with Crippen molar-refractivity contribution in [3.8, 4) is 0 Å². The molecule has 0 radical (unpaired) electrons. The molecule has 5 heteroatoms. The molecule has 0 aromatic heterocycles. The Balaban J connectivity index is 2.56. The number of benzene rings is 1. The Labute approximate surface area is 98.9 Å². The minimum atomic E-state index is -1.30. The van der Waals surface area contributed by atoms with Crippen molar-refractivity contribution in [3.05, 3.63) is 34.9 Å². The lowest BCUT2D eigenvalue weighted by molar-refractivity contribution is 0.00320. The normalized spacial score (nSPS) is 14.2. The Morgan fingerprint density at radius 3 is 2.50 bits per heavy atom. The lowest BCUT2D eigenvalue weighted by Crippen LogP contribution is -2.43. The van der Waals surface area contributed by atoms with Crippen molar-refractivity contribution in [2.24, 2.45) is 0 Å². The lowest BCUT2D eigenvalue weighted by atomic mass is 10.1. The molecule has 0 heterocycles. The lowest BCUT2D eigenvalue weighted by Gasteiger charge is -2.20. The molecule has 1 aromatic rings. The summed E-state index contributed by atoms with van der Waals surface area (Å²) in [4.78, 5) is 11.6. The van der Waals surface area contributed by atoms with E-state index in [1.807, 2.05) is 0 Å². The number of halogens is 1. The highest BCUT2D eigenvalue weighted by atomic mass is 35.5. The fraction of sp³-hybridized carbons (Fsp3) is 0.364. The zero-order chi connectivity index (χ0) is 12.2. The van der Waals surface area contributed by atoms with E-state index < -0.39 is 12.2 Å². The van der Waals surface area contributed by atoms with Gasteiger partial charge in [-0.1, -0.05) is 11.6 Å². The van der Waals surface area contributed by atoms with Crippen LogP contribution >= 0.6 is 11.6 Å². The number of nitrogens with one attached hydrogen (secondary N) is 1. The minimum absolute atomic E-state index is 0.00897. The van der Waals surface area contributed by atoms with Crippen LogP contribution in [0.5, 0.6) is 0 Å². The first kappa shape index (κ1) is 13.0. The van der Waals surface area contributed by atoms with Crippen LogP contribution in [0.4, 0.5) is 0 Å². The number of aliphatic hydroxyl groups is 2. The van der Waals surface area contributed by atoms with Gasteiger partial charge in [-0.25, -0.2) is 0 Å². The molecule has 1 atom stereocenters. The van der Waals surface area contributed by atoms with E-state index in [1.54, 1.807) is 24.3 Å². The van der Waals surface area contributed by atoms with Gasteiger partial charge in [-0.2, -0.15) is 0 Å². The summed E-state index contributed by atoms with van der Waals surface area (Å²) in [5, 5.41) is 21.3. The molecule has 0 saturated carbocycles. The molecular weight excluding hydrogens is 230 g/mol. The summed E-state index contributed by atoms with van der Waals surface area (Å²) in [6, 6.07) is 6.40. The Morgan fingerprint density at radius 2 is 2.00 bits per heavy atom. The maximum atomic E-state index is 11.6. The van der Waals surface area contributed by atoms with E-state index in [2.05, 4.69) is 5.32 Å². The third kappa shape index (κ3) is 3.81. The van der Waals surface area contributed by atoms with Gasteiger partial charge in [-0.3, -0.25) is 4.79 Å². The molecule has 1 rings (SSSR count). The van der Waals surface area contributed by atoms with Gasteiger partial charge in [0.15, 0.2) is 0 Å². The highest BCUT2D eigenvalue weighted by Gasteiger charge is 2.19. The summed E-state index contributed by atoms with van der Waals surface area (Å²) in [6.45, 7) is 1.02. The molecule has 1 aromatic carbocycles. The van der Waals surface area contributed by atoms with Crippen LogP contribution in [0, 0.1) is 0 Å². The van der Waals surface area contributed by atoms with Crippen LogP contribution in [0.25, 0.3) is 0 Å². The Bertz CT molecular complexity index is 362. The first-order valence-corrected chi connectivity index (χ1v) is 5.19. The molecule has 0 spiro atoms. The zero-order valence-corrected chi connectivity index (χ0v) is 9.66. The van der Waals surface area contributed by atoms with Gasteiger partial charge in [0.05, 0.1) is 6.61 Å². The van der Waals surface area contributed by atoms with Crippen molar-refractivity contribution in [1.29, 1.82) is 0 Å². The molecule has 0 aliphatic rings. The SMILES string of the molecule is CC(O)(CO)CNC(=O)c1ccc(Cl)cc1. The van der Waals surface area contributed by atoms with Gasteiger partial charge in [-0.05, 0) is 31.2 Å². The standard InChI is InChI=1S/C11H14ClNO3/c1-11(16,7-14)6-13-10(15)8-2-4-9(12)5-3-8/h2-5,14,16H,6-7H2,1H3,(H,13,15). The van der Waals surface area contributed by atoms with Gasteiger partial charge >= 0.3 is 0 Å². The van der Waals surface area contributed by atoms with Crippen LogP contribution < -0.4 is 5.32 Å². The minimum Gasteiger partial charge on any atom is -0.393 e. The number of rotatable bonds is 4. The first-order chi connectivity index (χ1) is 7.44. The van der Waals surface area contributed by atoms with Crippen LogP contribution in [-0.2, 0) is 0 Å². The largest absolute Gasteiger partial charge is 0.393 e. The molecule has 88 valence electrons. The van der Waals surface area contributed by atoms with E-state index in [1.165, 1.54) is 6.92 Å². The van der Waals surface area contributed by atoms with Crippen LogP contribution in [0.1, 0.15) is 17.3 Å². The third-order valence-electron chi connectivity index (χ3n) is 2.08. The average Bonchev–Trinajstić information content (AvgIpc) is 2.27. The van der Waals surface area contributed by atoms with Crippen LogP contribution in [-0.4, -0.2) is 34.9 Å². The van der Waals surface area contributed by atoms with Gasteiger partial charge in [-0.15, -0.1) is 0 Å². The summed E-state index contributed by atoms with van der Waals surface area (Å²) < 4.78 is 0. The van der Waals surface area contributed by atoms with Gasteiger partial charge in [0.2, 0.25) is 0 Å². The van der Waals surface area contributed by atoms with E-state index in [0.29, 0.717) is 10.6 Å². The fourth-order valence-corrected chi connectivity index (χ4v) is 1.16. The van der Waals surface area contributed by atoms with Crippen molar-refractivity contribution in [3.63, 3.8) is 0 Å². The van der Waals surface area contributed by atoms with Crippen LogP contribution in [0.15, 0.2) is 24.3 Å². The van der Waals surface area contributed by atoms with Gasteiger partial charge in [0.1, 0.15) is 5.60 Å². The van der Waals surface area contributed by atoms with E-state index in [0.717, 1.165) is 0 Å². The van der Waals surface area contributed by atoms with Crippen molar-refractivity contribution in [2.75, 3.05) is 13.2 Å². The smallest absolute Gasteiger partial charge is 0.251 e. The Morgan fingerprint density at radius 1 is 1.44 bits per heavy atom. The molecule has 1 amide bonds. The third-order valence-corrected chi connectivity index (χ3v) is 2.33. The summed E-state index contributed by atoms with van der Waals surface area (Å²) in [5.41, 5.74) is -0.847. The summed E-state index contributed by atoms with van der Waals surface area (Å²) in [5.74, 6) is -0.314. The second-order valence-corrected chi connectivity index (χ2v) is 4.28.